The first-order valence-electron chi connectivity index (χ1n) is 8.13. The summed E-state index contributed by atoms with van der Waals surface area (Å²) in [5, 5.41) is 11.4. The van der Waals surface area contributed by atoms with E-state index in [1.165, 1.54) is 4.90 Å². The topological polar surface area (TPSA) is 57.6 Å². The highest BCUT2D eigenvalue weighted by Crippen LogP contribution is 2.34. The number of imide groups is 1. The summed E-state index contributed by atoms with van der Waals surface area (Å²) in [6, 6.07) is 20.4. The Bertz CT molecular complexity index is 1050. The molecule has 5 heteroatoms. The van der Waals surface area contributed by atoms with E-state index in [0.717, 1.165) is 28.1 Å². The van der Waals surface area contributed by atoms with Gasteiger partial charge in [-0.15, -0.1) is 0 Å². The highest BCUT2D eigenvalue weighted by Gasteiger charge is 2.35. The van der Waals surface area contributed by atoms with E-state index in [0.29, 0.717) is 10.5 Å². The van der Waals surface area contributed by atoms with Gasteiger partial charge in [-0.1, -0.05) is 54.6 Å². The van der Waals surface area contributed by atoms with E-state index in [9.17, 15) is 14.7 Å². The molecule has 26 heavy (non-hydrogen) atoms. The van der Waals surface area contributed by atoms with Crippen LogP contribution in [0.3, 0.4) is 0 Å². The SMILES string of the molecule is O=C1S/C(=C/c2cccc(O)c2)C(=O)N1Cc1cccc2ccccc12. The number of benzene rings is 3. The van der Waals surface area contributed by atoms with Crippen LogP contribution in [0.25, 0.3) is 16.8 Å². The zero-order valence-corrected chi connectivity index (χ0v) is 14.6. The maximum Gasteiger partial charge on any atom is 0.293 e. The average Bonchev–Trinajstić information content (AvgIpc) is 2.89. The van der Waals surface area contributed by atoms with Crippen LogP contribution in [0.15, 0.2) is 71.6 Å². The number of hydrogen-bond acceptors (Lipinski definition) is 4. The van der Waals surface area contributed by atoms with Gasteiger partial charge in [0.1, 0.15) is 5.75 Å². The molecule has 1 N–H and O–H groups in total. The number of thioether (sulfide) groups is 1. The van der Waals surface area contributed by atoms with Crippen molar-refractivity contribution in [3.05, 3.63) is 82.8 Å². The number of carbonyl (C=O) groups is 2. The van der Waals surface area contributed by atoms with Crippen molar-refractivity contribution in [3.8, 4) is 5.75 Å². The number of phenolic OH excluding ortho intramolecular Hbond substituents is 1. The van der Waals surface area contributed by atoms with Crippen molar-refractivity contribution in [3.63, 3.8) is 0 Å². The minimum absolute atomic E-state index is 0.119. The van der Waals surface area contributed by atoms with Crippen LogP contribution in [0, 0.1) is 0 Å². The lowest BCUT2D eigenvalue weighted by molar-refractivity contribution is -0.123. The van der Waals surface area contributed by atoms with Gasteiger partial charge >= 0.3 is 0 Å². The van der Waals surface area contributed by atoms with Crippen LogP contribution in [-0.4, -0.2) is 21.2 Å². The highest BCUT2D eigenvalue weighted by atomic mass is 32.2. The summed E-state index contributed by atoms with van der Waals surface area (Å²) in [6.45, 7) is 0.239. The van der Waals surface area contributed by atoms with Gasteiger partial charge in [0, 0.05) is 0 Å². The molecular weight excluding hydrogens is 346 g/mol. The Labute approximate surface area is 154 Å². The van der Waals surface area contributed by atoms with Crippen LogP contribution < -0.4 is 0 Å². The molecule has 0 unspecified atom stereocenters. The molecule has 1 saturated heterocycles. The second kappa shape index (κ2) is 6.69. The molecule has 4 nitrogen and oxygen atoms in total. The molecule has 1 heterocycles. The molecule has 0 aliphatic carbocycles. The molecule has 1 fully saturated rings. The molecule has 0 spiro atoms. The van der Waals surface area contributed by atoms with E-state index in [1.807, 2.05) is 42.5 Å². The van der Waals surface area contributed by atoms with E-state index in [1.54, 1.807) is 30.3 Å². The van der Waals surface area contributed by atoms with Gasteiger partial charge in [-0.05, 0) is 51.9 Å². The molecule has 0 bridgehead atoms. The summed E-state index contributed by atoms with van der Waals surface area (Å²) in [5.41, 5.74) is 1.62. The Hall–Kier alpha value is -3.05. The molecule has 4 rings (SSSR count). The lowest BCUT2D eigenvalue weighted by atomic mass is 10.0. The van der Waals surface area contributed by atoms with E-state index in [2.05, 4.69) is 0 Å². The largest absolute Gasteiger partial charge is 0.508 e. The highest BCUT2D eigenvalue weighted by molar-refractivity contribution is 8.18. The maximum atomic E-state index is 12.7. The predicted molar refractivity (Wildman–Crippen MR) is 104 cm³/mol. The number of amides is 2. The Kier molecular flexibility index (Phi) is 4.22. The molecule has 0 radical (unpaired) electrons. The molecule has 0 saturated carbocycles. The van der Waals surface area contributed by atoms with Crippen LogP contribution in [0.4, 0.5) is 4.79 Å². The Morgan fingerprint density at radius 2 is 1.73 bits per heavy atom. The van der Waals surface area contributed by atoms with Gasteiger partial charge in [0.15, 0.2) is 0 Å². The summed E-state index contributed by atoms with van der Waals surface area (Å²) in [7, 11) is 0. The Morgan fingerprint density at radius 1 is 0.962 bits per heavy atom. The lowest BCUT2D eigenvalue weighted by Gasteiger charge is -2.14. The smallest absolute Gasteiger partial charge is 0.293 e. The molecule has 3 aromatic carbocycles. The maximum absolute atomic E-state index is 12.7. The lowest BCUT2D eigenvalue weighted by Crippen LogP contribution is -2.27. The van der Waals surface area contributed by atoms with E-state index in [4.69, 9.17) is 0 Å². The normalized spacial score (nSPS) is 16.0. The van der Waals surface area contributed by atoms with Gasteiger partial charge in [0.2, 0.25) is 0 Å². The van der Waals surface area contributed by atoms with Gasteiger partial charge in [-0.25, -0.2) is 0 Å². The number of aromatic hydroxyl groups is 1. The minimum Gasteiger partial charge on any atom is -0.508 e. The minimum atomic E-state index is -0.309. The number of carbonyl (C=O) groups excluding carboxylic acids is 2. The van der Waals surface area contributed by atoms with E-state index < -0.39 is 0 Å². The summed E-state index contributed by atoms with van der Waals surface area (Å²) >= 11 is 0.924. The van der Waals surface area contributed by atoms with Crippen molar-refractivity contribution in [2.24, 2.45) is 0 Å². The summed E-state index contributed by atoms with van der Waals surface area (Å²) in [5.74, 6) is -0.190. The quantitative estimate of drug-likeness (QED) is 0.682. The Balaban J connectivity index is 1.63. The van der Waals surface area contributed by atoms with Crippen LogP contribution in [0.2, 0.25) is 0 Å². The molecule has 0 atom stereocenters. The predicted octanol–water partition coefficient (Wildman–Crippen LogP) is 4.78. The third-order valence-corrected chi connectivity index (χ3v) is 5.16. The zero-order valence-electron chi connectivity index (χ0n) is 13.8. The van der Waals surface area contributed by atoms with Gasteiger partial charge in [0.25, 0.3) is 11.1 Å². The molecular formula is C21H15NO3S. The first kappa shape index (κ1) is 16.4. The first-order chi connectivity index (χ1) is 12.6. The van der Waals surface area contributed by atoms with Crippen LogP contribution >= 0.6 is 11.8 Å². The molecule has 2 amide bonds. The van der Waals surface area contributed by atoms with Crippen molar-refractivity contribution >= 4 is 39.8 Å². The molecule has 1 aliphatic heterocycles. The van der Waals surface area contributed by atoms with Crippen LogP contribution in [-0.2, 0) is 11.3 Å². The Morgan fingerprint density at radius 3 is 2.58 bits per heavy atom. The van der Waals surface area contributed by atoms with Crippen LogP contribution in [0.1, 0.15) is 11.1 Å². The standard InChI is InChI=1S/C21H15NO3S/c23-17-9-3-5-14(11-17)12-19-20(24)22(21(25)26-19)13-16-8-4-7-15-6-1-2-10-18(15)16/h1-12,23H,13H2/b19-12+. The number of phenols is 1. The fraction of sp³-hybridized carbons (Fsp3) is 0.0476. The average molecular weight is 361 g/mol. The zero-order chi connectivity index (χ0) is 18.1. The monoisotopic (exact) mass is 361 g/mol. The van der Waals surface area contributed by atoms with E-state index in [-0.39, 0.29) is 23.4 Å². The van der Waals surface area contributed by atoms with Gasteiger partial charge < -0.3 is 5.11 Å². The van der Waals surface area contributed by atoms with Crippen molar-refractivity contribution in [2.45, 2.75) is 6.54 Å². The first-order valence-corrected chi connectivity index (χ1v) is 8.94. The van der Waals surface area contributed by atoms with Crippen molar-refractivity contribution in [1.29, 1.82) is 0 Å². The van der Waals surface area contributed by atoms with Gasteiger partial charge in [-0.3, -0.25) is 14.5 Å². The van der Waals surface area contributed by atoms with Crippen molar-refractivity contribution < 1.29 is 14.7 Å². The summed E-state index contributed by atoms with van der Waals surface area (Å²) in [4.78, 5) is 26.7. The number of rotatable bonds is 3. The second-order valence-electron chi connectivity index (χ2n) is 6.00. The fourth-order valence-electron chi connectivity index (χ4n) is 3.00. The number of nitrogens with zero attached hydrogens (tertiary/aromatic N) is 1. The van der Waals surface area contributed by atoms with Gasteiger partial charge in [-0.2, -0.15) is 0 Å². The summed E-state index contributed by atoms with van der Waals surface area (Å²) in [6.07, 6.45) is 1.63. The van der Waals surface area contributed by atoms with Crippen LogP contribution in [0.5, 0.6) is 5.75 Å². The van der Waals surface area contributed by atoms with E-state index >= 15 is 0 Å². The van der Waals surface area contributed by atoms with Crippen molar-refractivity contribution in [2.75, 3.05) is 0 Å². The molecule has 0 aromatic heterocycles. The summed E-state index contributed by atoms with van der Waals surface area (Å²) < 4.78 is 0. The third kappa shape index (κ3) is 3.09. The number of fused-ring (bicyclic) bond motifs is 1. The van der Waals surface area contributed by atoms with Crippen molar-refractivity contribution in [1.82, 2.24) is 4.90 Å². The fourth-order valence-corrected chi connectivity index (χ4v) is 3.84. The molecule has 1 aliphatic rings. The molecule has 3 aromatic rings. The molecule has 128 valence electrons. The second-order valence-corrected chi connectivity index (χ2v) is 6.99. The van der Waals surface area contributed by atoms with Gasteiger partial charge in [0.05, 0.1) is 11.4 Å². The third-order valence-electron chi connectivity index (χ3n) is 4.25. The number of hydrogen-bond donors (Lipinski definition) is 1.